The predicted octanol–water partition coefficient (Wildman–Crippen LogP) is -0.761. The number of phenols is 1. The van der Waals surface area contributed by atoms with Gasteiger partial charge in [-0.1, -0.05) is 12.2 Å². The van der Waals surface area contributed by atoms with E-state index in [9.17, 15) is 20.4 Å². The van der Waals surface area contributed by atoms with Crippen molar-refractivity contribution < 1.29 is 44.5 Å². The molecule has 1 saturated heterocycles. The van der Waals surface area contributed by atoms with Crippen molar-refractivity contribution in [1.29, 1.82) is 0 Å². The molecular formula is C17H24O9. The number of aliphatic hydroxyl groups is 4. The van der Waals surface area contributed by atoms with Crippen LogP contribution in [0.5, 0.6) is 17.2 Å². The highest BCUT2D eigenvalue weighted by Gasteiger charge is 2.43. The van der Waals surface area contributed by atoms with Gasteiger partial charge in [0.05, 0.1) is 27.4 Å². The molecule has 1 aromatic rings. The minimum Gasteiger partial charge on any atom is -0.502 e. The molecule has 0 spiro atoms. The van der Waals surface area contributed by atoms with Crippen molar-refractivity contribution in [2.24, 2.45) is 0 Å². The summed E-state index contributed by atoms with van der Waals surface area (Å²) < 4.78 is 20.7. The van der Waals surface area contributed by atoms with Crippen LogP contribution in [0.25, 0.3) is 6.08 Å². The summed E-state index contributed by atoms with van der Waals surface area (Å²) in [5.41, 5.74) is 0.675. The van der Waals surface area contributed by atoms with Crippen molar-refractivity contribution in [3.8, 4) is 17.2 Å². The van der Waals surface area contributed by atoms with Gasteiger partial charge >= 0.3 is 0 Å². The Morgan fingerprint density at radius 1 is 1.04 bits per heavy atom. The molecule has 0 aromatic heterocycles. The van der Waals surface area contributed by atoms with Crippen LogP contribution in [0.2, 0.25) is 0 Å². The molecule has 1 fully saturated rings. The molecule has 0 bridgehead atoms. The van der Waals surface area contributed by atoms with E-state index in [2.05, 4.69) is 0 Å². The lowest BCUT2D eigenvalue weighted by molar-refractivity contribution is -0.298. The lowest BCUT2D eigenvalue weighted by Crippen LogP contribution is -2.59. The fourth-order valence-corrected chi connectivity index (χ4v) is 2.55. The van der Waals surface area contributed by atoms with E-state index in [4.69, 9.17) is 24.1 Å². The Labute approximate surface area is 150 Å². The quantitative estimate of drug-likeness (QED) is 0.418. The number of aromatic hydroxyl groups is 1. The Morgan fingerprint density at radius 2 is 1.65 bits per heavy atom. The first kappa shape index (κ1) is 20.4. The molecule has 26 heavy (non-hydrogen) atoms. The third kappa shape index (κ3) is 4.44. The number of hydrogen-bond acceptors (Lipinski definition) is 9. The van der Waals surface area contributed by atoms with Gasteiger partial charge in [-0.15, -0.1) is 0 Å². The summed E-state index contributed by atoms with van der Waals surface area (Å²) in [7, 11) is 2.84. The van der Waals surface area contributed by atoms with Gasteiger partial charge in [0.2, 0.25) is 5.75 Å². The molecule has 9 heteroatoms. The zero-order valence-electron chi connectivity index (χ0n) is 14.5. The van der Waals surface area contributed by atoms with Crippen molar-refractivity contribution in [3.63, 3.8) is 0 Å². The van der Waals surface area contributed by atoms with E-state index in [1.54, 1.807) is 24.3 Å². The van der Waals surface area contributed by atoms with Crippen molar-refractivity contribution in [2.45, 2.75) is 30.7 Å². The Balaban J connectivity index is 1.99. The van der Waals surface area contributed by atoms with Crippen LogP contribution in [0, 0.1) is 0 Å². The van der Waals surface area contributed by atoms with Crippen molar-refractivity contribution >= 4 is 6.08 Å². The van der Waals surface area contributed by atoms with Crippen LogP contribution in [0.3, 0.4) is 0 Å². The molecule has 2 rings (SSSR count). The van der Waals surface area contributed by atoms with Crippen LogP contribution in [0.15, 0.2) is 18.2 Å². The van der Waals surface area contributed by atoms with Crippen LogP contribution >= 0.6 is 0 Å². The van der Waals surface area contributed by atoms with E-state index in [1.807, 2.05) is 0 Å². The summed E-state index contributed by atoms with van der Waals surface area (Å²) in [6.07, 6.45) is -3.29. The van der Waals surface area contributed by atoms with Gasteiger partial charge in [0.1, 0.15) is 24.4 Å². The Morgan fingerprint density at radius 3 is 2.19 bits per heavy atom. The first-order valence-electron chi connectivity index (χ1n) is 7.96. The molecular weight excluding hydrogens is 348 g/mol. The molecule has 0 aliphatic carbocycles. The molecule has 1 heterocycles. The zero-order chi connectivity index (χ0) is 19.3. The number of methoxy groups -OCH3 is 2. The minimum atomic E-state index is -1.49. The Bertz CT molecular complexity index is 591. The summed E-state index contributed by atoms with van der Waals surface area (Å²) in [6, 6.07) is 3.20. The topological polar surface area (TPSA) is 138 Å². The maximum absolute atomic E-state index is 9.88. The van der Waals surface area contributed by atoms with Crippen molar-refractivity contribution in [1.82, 2.24) is 0 Å². The Kier molecular flexibility index (Phi) is 7.21. The third-order valence-corrected chi connectivity index (χ3v) is 4.02. The minimum absolute atomic E-state index is 0.0220. The molecule has 1 aromatic carbocycles. The second-order valence-corrected chi connectivity index (χ2v) is 5.71. The molecule has 0 unspecified atom stereocenters. The van der Waals surface area contributed by atoms with Crippen LogP contribution in [0.1, 0.15) is 5.56 Å². The number of rotatable bonds is 7. The van der Waals surface area contributed by atoms with Gasteiger partial charge in [-0.25, -0.2) is 0 Å². The van der Waals surface area contributed by atoms with Crippen LogP contribution in [-0.4, -0.2) is 83.7 Å². The second kappa shape index (κ2) is 9.17. The Hall–Kier alpha value is -1.88. The van der Waals surface area contributed by atoms with Crippen LogP contribution < -0.4 is 9.47 Å². The number of aliphatic hydroxyl groups excluding tert-OH is 4. The van der Waals surface area contributed by atoms with Crippen molar-refractivity contribution in [3.05, 3.63) is 23.8 Å². The second-order valence-electron chi connectivity index (χ2n) is 5.71. The number of benzene rings is 1. The van der Waals surface area contributed by atoms with Gasteiger partial charge in [0.15, 0.2) is 17.8 Å². The number of ether oxygens (including phenoxy) is 4. The molecule has 0 amide bonds. The molecule has 5 atom stereocenters. The van der Waals surface area contributed by atoms with Gasteiger partial charge in [0, 0.05) is 0 Å². The van der Waals surface area contributed by atoms with E-state index in [1.165, 1.54) is 14.2 Å². The highest BCUT2D eigenvalue weighted by Crippen LogP contribution is 2.37. The fraction of sp³-hybridized carbons (Fsp3) is 0.529. The van der Waals surface area contributed by atoms with E-state index < -0.39 is 37.3 Å². The van der Waals surface area contributed by atoms with Crippen LogP contribution in [-0.2, 0) is 9.47 Å². The highest BCUT2D eigenvalue weighted by atomic mass is 16.7. The monoisotopic (exact) mass is 372 g/mol. The molecule has 0 radical (unpaired) electrons. The van der Waals surface area contributed by atoms with Gasteiger partial charge in [-0.05, 0) is 17.7 Å². The van der Waals surface area contributed by atoms with Crippen molar-refractivity contribution in [2.75, 3.05) is 27.4 Å². The predicted molar refractivity (Wildman–Crippen MR) is 90.0 cm³/mol. The van der Waals surface area contributed by atoms with Gasteiger partial charge < -0.3 is 44.5 Å². The number of phenolic OH excluding ortho intramolecular Hbond substituents is 1. The molecule has 0 saturated carbocycles. The lowest BCUT2D eigenvalue weighted by atomic mass is 9.99. The average Bonchev–Trinajstić information content (AvgIpc) is 2.65. The van der Waals surface area contributed by atoms with E-state index in [0.717, 1.165) is 0 Å². The summed E-state index contributed by atoms with van der Waals surface area (Å²) >= 11 is 0. The standard InChI is InChI=1S/C17H24O9/c1-23-10-6-9(7-11(24-2)13(10)19)4-3-5-25-17-16(22)15(21)14(20)12(8-18)26-17/h3-4,6-7,12,14-22H,5,8H2,1-2H3/b4-3+/t12-,14-,15+,16-,17+/m1/s1. The van der Waals surface area contributed by atoms with E-state index in [-0.39, 0.29) is 23.9 Å². The first-order valence-corrected chi connectivity index (χ1v) is 7.96. The first-order chi connectivity index (χ1) is 12.4. The smallest absolute Gasteiger partial charge is 0.200 e. The summed E-state index contributed by atoms with van der Waals surface area (Å²) in [5.74, 6) is 0.391. The SMILES string of the molecule is COc1cc(/C=C/CO[C@H]2O[C@H](CO)[C@@H](O)[C@H](O)[C@H]2O)cc(OC)c1O. The molecule has 146 valence electrons. The molecule has 9 nitrogen and oxygen atoms in total. The number of hydrogen-bond donors (Lipinski definition) is 5. The van der Waals surface area contributed by atoms with Gasteiger partial charge in [-0.2, -0.15) is 0 Å². The maximum Gasteiger partial charge on any atom is 0.200 e. The van der Waals surface area contributed by atoms with E-state index in [0.29, 0.717) is 5.56 Å². The summed E-state index contributed by atoms with van der Waals surface area (Å²) in [6.45, 7) is -0.498. The fourth-order valence-electron chi connectivity index (χ4n) is 2.55. The van der Waals surface area contributed by atoms with E-state index >= 15 is 0 Å². The lowest BCUT2D eigenvalue weighted by Gasteiger charge is -2.39. The third-order valence-electron chi connectivity index (χ3n) is 4.02. The van der Waals surface area contributed by atoms with Crippen LogP contribution in [0.4, 0.5) is 0 Å². The molecule has 1 aliphatic heterocycles. The maximum atomic E-state index is 9.88. The van der Waals surface area contributed by atoms with Gasteiger partial charge in [-0.3, -0.25) is 0 Å². The summed E-state index contributed by atoms with van der Waals surface area (Å²) in [4.78, 5) is 0. The highest BCUT2D eigenvalue weighted by molar-refractivity contribution is 5.61. The summed E-state index contributed by atoms with van der Waals surface area (Å²) in [5, 5.41) is 48.3. The van der Waals surface area contributed by atoms with Gasteiger partial charge in [0.25, 0.3) is 0 Å². The molecule has 1 aliphatic rings. The largest absolute Gasteiger partial charge is 0.502 e. The molecule has 5 N–H and O–H groups in total. The normalized spacial score (nSPS) is 29.1. The zero-order valence-corrected chi connectivity index (χ0v) is 14.5. The average molecular weight is 372 g/mol.